The van der Waals surface area contributed by atoms with Crippen molar-refractivity contribution in [2.24, 2.45) is 35.0 Å². The minimum Gasteiger partial charge on any atom is -0.0594 e. The first kappa shape index (κ1) is 11.8. The van der Waals surface area contributed by atoms with Gasteiger partial charge < -0.3 is 0 Å². The van der Waals surface area contributed by atoms with E-state index in [-0.39, 0.29) is 0 Å². The van der Waals surface area contributed by atoms with Crippen molar-refractivity contribution in [2.75, 3.05) is 0 Å². The number of rotatable bonds is 2. The highest BCUT2D eigenvalue weighted by atomic mass is 14.5. The standard InChI is InChI=1S/C18H30/c1-18(9-8-14-4-7-17(18)11-14)12-16-6-3-13-2-5-15(16)10-13/h13-17H,2-12H2,1H3. The number of hydrogen-bond donors (Lipinski definition) is 0. The van der Waals surface area contributed by atoms with Crippen LogP contribution in [0.15, 0.2) is 0 Å². The average molecular weight is 246 g/mol. The Balaban J connectivity index is 1.46. The van der Waals surface area contributed by atoms with E-state index in [9.17, 15) is 0 Å². The number of hydrogen-bond acceptors (Lipinski definition) is 0. The highest BCUT2D eigenvalue weighted by Crippen LogP contribution is 2.57. The molecule has 0 N–H and O–H groups in total. The van der Waals surface area contributed by atoms with E-state index in [1.807, 2.05) is 0 Å². The van der Waals surface area contributed by atoms with Crippen molar-refractivity contribution in [1.82, 2.24) is 0 Å². The van der Waals surface area contributed by atoms with Gasteiger partial charge in [-0.3, -0.25) is 0 Å². The first-order chi connectivity index (χ1) is 8.73. The molecule has 0 aliphatic heterocycles. The highest BCUT2D eigenvalue weighted by molar-refractivity contribution is 4.97. The predicted molar refractivity (Wildman–Crippen MR) is 76.3 cm³/mol. The lowest BCUT2D eigenvalue weighted by molar-refractivity contribution is 0.0638. The Morgan fingerprint density at radius 1 is 0.833 bits per heavy atom. The van der Waals surface area contributed by atoms with Gasteiger partial charge in [0.05, 0.1) is 0 Å². The fraction of sp³-hybridized carbons (Fsp3) is 1.00. The van der Waals surface area contributed by atoms with Crippen molar-refractivity contribution >= 4 is 0 Å². The maximum Gasteiger partial charge on any atom is -0.0295 e. The maximum atomic E-state index is 2.67. The van der Waals surface area contributed by atoms with Crippen molar-refractivity contribution in [3.05, 3.63) is 0 Å². The third kappa shape index (κ3) is 1.86. The quantitative estimate of drug-likeness (QED) is 0.610. The molecule has 0 radical (unpaired) electrons. The van der Waals surface area contributed by atoms with E-state index in [1.165, 1.54) is 0 Å². The monoisotopic (exact) mass is 246 g/mol. The summed E-state index contributed by atoms with van der Waals surface area (Å²) in [6.45, 7) is 2.67. The zero-order chi connectivity index (χ0) is 12.2. The Hall–Kier alpha value is 0. The van der Waals surface area contributed by atoms with Crippen LogP contribution in [0.1, 0.15) is 77.6 Å². The van der Waals surface area contributed by atoms with E-state index >= 15 is 0 Å². The Morgan fingerprint density at radius 2 is 1.61 bits per heavy atom. The smallest absolute Gasteiger partial charge is 0.0295 e. The van der Waals surface area contributed by atoms with Crippen molar-refractivity contribution in [1.29, 1.82) is 0 Å². The zero-order valence-electron chi connectivity index (χ0n) is 12.2. The van der Waals surface area contributed by atoms with Crippen LogP contribution in [-0.4, -0.2) is 0 Å². The van der Waals surface area contributed by atoms with E-state index in [0.717, 1.165) is 35.0 Å². The molecule has 0 aromatic rings. The summed E-state index contributed by atoms with van der Waals surface area (Å²) in [5.74, 6) is 5.63. The molecular weight excluding hydrogens is 216 g/mol. The first-order valence-electron chi connectivity index (χ1n) is 8.73. The summed E-state index contributed by atoms with van der Waals surface area (Å²) in [5.41, 5.74) is 0.743. The Morgan fingerprint density at radius 3 is 2.56 bits per heavy atom. The fourth-order valence-corrected chi connectivity index (χ4v) is 6.33. The van der Waals surface area contributed by atoms with Gasteiger partial charge in [-0.1, -0.05) is 26.2 Å². The molecule has 18 heavy (non-hydrogen) atoms. The predicted octanol–water partition coefficient (Wildman–Crippen LogP) is 5.42. The third-order valence-electron chi connectivity index (χ3n) is 7.57. The molecule has 0 amide bonds. The van der Waals surface area contributed by atoms with Crippen LogP contribution >= 0.6 is 0 Å². The van der Waals surface area contributed by atoms with Crippen molar-refractivity contribution in [3.8, 4) is 0 Å². The van der Waals surface area contributed by atoms with Gasteiger partial charge in [0.1, 0.15) is 0 Å². The minimum atomic E-state index is 0.743. The summed E-state index contributed by atoms with van der Waals surface area (Å²) < 4.78 is 0. The third-order valence-corrected chi connectivity index (χ3v) is 7.57. The van der Waals surface area contributed by atoms with Crippen LogP contribution in [0.4, 0.5) is 0 Å². The minimum absolute atomic E-state index is 0.743. The molecule has 0 heteroatoms. The molecule has 102 valence electrons. The summed E-state index contributed by atoms with van der Waals surface area (Å²) in [4.78, 5) is 0. The Kier molecular flexibility index (Phi) is 2.79. The Bertz CT molecular complexity index is 320. The van der Waals surface area contributed by atoms with Crippen molar-refractivity contribution < 1.29 is 0 Å². The van der Waals surface area contributed by atoms with Crippen molar-refractivity contribution in [3.63, 3.8) is 0 Å². The maximum absolute atomic E-state index is 2.67. The molecule has 4 aliphatic carbocycles. The summed E-state index contributed by atoms with van der Waals surface area (Å²) in [7, 11) is 0. The summed E-state index contributed by atoms with van der Waals surface area (Å²) in [6.07, 6.45) is 17.4. The van der Waals surface area contributed by atoms with Gasteiger partial charge >= 0.3 is 0 Å². The van der Waals surface area contributed by atoms with E-state index in [2.05, 4.69) is 6.92 Å². The van der Waals surface area contributed by atoms with Crippen LogP contribution in [0, 0.1) is 35.0 Å². The molecule has 4 bridgehead atoms. The first-order valence-corrected chi connectivity index (χ1v) is 8.73. The van der Waals surface area contributed by atoms with Crippen LogP contribution < -0.4 is 0 Å². The van der Waals surface area contributed by atoms with Crippen LogP contribution in [0.3, 0.4) is 0 Å². The molecule has 6 atom stereocenters. The van der Waals surface area contributed by atoms with Gasteiger partial charge in [0.2, 0.25) is 0 Å². The van der Waals surface area contributed by atoms with Gasteiger partial charge in [-0.05, 0) is 86.4 Å². The highest BCUT2D eigenvalue weighted by Gasteiger charge is 2.46. The lowest BCUT2D eigenvalue weighted by Gasteiger charge is -2.44. The molecule has 0 saturated heterocycles. The van der Waals surface area contributed by atoms with Crippen LogP contribution in [0.5, 0.6) is 0 Å². The topological polar surface area (TPSA) is 0 Å². The second-order valence-electron chi connectivity index (χ2n) is 8.55. The molecule has 0 heterocycles. The summed E-state index contributed by atoms with van der Waals surface area (Å²) in [5, 5.41) is 0. The molecule has 4 fully saturated rings. The Labute approximate surface area is 113 Å². The number of fused-ring (bicyclic) bond motifs is 4. The van der Waals surface area contributed by atoms with Crippen LogP contribution in [0.2, 0.25) is 0 Å². The molecule has 4 rings (SSSR count). The molecule has 6 unspecified atom stereocenters. The van der Waals surface area contributed by atoms with Gasteiger partial charge in [-0.25, -0.2) is 0 Å². The summed E-state index contributed by atoms with van der Waals surface area (Å²) >= 11 is 0. The molecule has 0 nitrogen and oxygen atoms in total. The van der Waals surface area contributed by atoms with Crippen LogP contribution in [-0.2, 0) is 0 Å². The molecule has 0 aromatic heterocycles. The fourth-order valence-electron chi connectivity index (χ4n) is 6.33. The largest absolute Gasteiger partial charge is 0.0594 e. The van der Waals surface area contributed by atoms with E-state index in [1.54, 1.807) is 70.6 Å². The molecule has 0 aromatic carbocycles. The molecule has 4 aliphatic rings. The average Bonchev–Trinajstić information content (AvgIpc) is 2.96. The van der Waals surface area contributed by atoms with Crippen LogP contribution in [0.25, 0.3) is 0 Å². The van der Waals surface area contributed by atoms with Gasteiger partial charge in [-0.15, -0.1) is 0 Å². The van der Waals surface area contributed by atoms with E-state index in [4.69, 9.17) is 0 Å². The SMILES string of the molecule is CC1(CC2CCC3CCC2C3)CCC2CCC1C2. The lowest BCUT2D eigenvalue weighted by atomic mass is 9.61. The second-order valence-corrected chi connectivity index (χ2v) is 8.55. The second kappa shape index (κ2) is 4.25. The van der Waals surface area contributed by atoms with Gasteiger partial charge in [0.25, 0.3) is 0 Å². The summed E-state index contributed by atoms with van der Waals surface area (Å²) in [6, 6.07) is 0. The van der Waals surface area contributed by atoms with E-state index < -0.39 is 0 Å². The van der Waals surface area contributed by atoms with E-state index in [0.29, 0.717) is 0 Å². The van der Waals surface area contributed by atoms with Crippen molar-refractivity contribution in [2.45, 2.75) is 77.6 Å². The van der Waals surface area contributed by atoms with Gasteiger partial charge in [0.15, 0.2) is 0 Å². The molecule has 0 spiro atoms. The normalized spacial score (nSPS) is 54.8. The van der Waals surface area contributed by atoms with Gasteiger partial charge in [-0.2, -0.15) is 0 Å². The zero-order valence-corrected chi connectivity index (χ0v) is 12.2. The lowest BCUT2D eigenvalue weighted by Crippen LogP contribution is -2.34. The van der Waals surface area contributed by atoms with Gasteiger partial charge in [0, 0.05) is 0 Å². The molecular formula is C18H30. The molecule has 4 saturated carbocycles.